The van der Waals surface area contributed by atoms with Crippen molar-refractivity contribution >= 4 is 29.3 Å². The molecule has 1 unspecified atom stereocenters. The fraction of sp³-hybridized carbons (Fsp3) is 0.333. The molecule has 2 rings (SSSR count). The monoisotopic (exact) mass is 250 g/mol. The smallest absolute Gasteiger partial charge is 0.313 e. The summed E-state index contributed by atoms with van der Waals surface area (Å²) in [5, 5.41) is 5.70. The van der Waals surface area contributed by atoms with E-state index in [4.69, 9.17) is 0 Å². The Kier molecular flexibility index (Phi) is 3.68. The number of anilines is 1. The van der Waals surface area contributed by atoms with E-state index in [-0.39, 0.29) is 0 Å². The van der Waals surface area contributed by atoms with Crippen molar-refractivity contribution in [3.05, 3.63) is 29.8 Å². The third-order valence-corrected chi connectivity index (χ3v) is 3.46. The zero-order valence-electron chi connectivity index (χ0n) is 9.53. The second-order valence-corrected chi connectivity index (χ2v) is 5.27. The number of hydrogen-bond donors (Lipinski definition) is 2. The van der Waals surface area contributed by atoms with Crippen molar-refractivity contribution in [2.24, 2.45) is 0 Å². The van der Waals surface area contributed by atoms with Gasteiger partial charge in [-0.1, -0.05) is 18.2 Å². The molecule has 2 N–H and O–H groups in total. The third-order valence-electron chi connectivity index (χ3n) is 2.49. The number of amides is 2. The minimum atomic E-state index is -0.607. The van der Waals surface area contributed by atoms with Crippen molar-refractivity contribution in [1.82, 2.24) is 5.32 Å². The molecule has 1 aromatic rings. The van der Waals surface area contributed by atoms with Gasteiger partial charge >= 0.3 is 11.8 Å². The van der Waals surface area contributed by atoms with E-state index in [0.29, 0.717) is 17.5 Å². The fourth-order valence-electron chi connectivity index (χ4n) is 1.36. The maximum absolute atomic E-state index is 11.6. The van der Waals surface area contributed by atoms with Crippen LogP contribution in [0, 0.1) is 6.92 Å². The molecule has 1 aliphatic heterocycles. The number of carbonyl (C=O) groups excluding carboxylic acids is 2. The highest BCUT2D eigenvalue weighted by molar-refractivity contribution is 8.06. The van der Waals surface area contributed by atoms with Crippen LogP contribution >= 0.6 is 11.8 Å². The molecule has 0 aliphatic carbocycles. The molecular weight excluding hydrogens is 236 g/mol. The number of hydrogen-bond acceptors (Lipinski definition) is 3. The van der Waals surface area contributed by atoms with Gasteiger partial charge in [-0.25, -0.2) is 0 Å². The third kappa shape index (κ3) is 3.49. The minimum Gasteiger partial charge on any atom is -0.347 e. The van der Waals surface area contributed by atoms with Gasteiger partial charge in [-0.3, -0.25) is 9.59 Å². The lowest BCUT2D eigenvalue weighted by Crippen LogP contribution is -2.37. The summed E-state index contributed by atoms with van der Waals surface area (Å²) in [5.74, 6) is -0.106. The highest BCUT2D eigenvalue weighted by Gasteiger charge is 2.24. The van der Waals surface area contributed by atoms with E-state index in [9.17, 15) is 9.59 Å². The first kappa shape index (κ1) is 12.0. The summed E-state index contributed by atoms with van der Waals surface area (Å²) in [6, 6.07) is 7.36. The van der Waals surface area contributed by atoms with Gasteiger partial charge in [0.25, 0.3) is 0 Å². The number of benzene rings is 1. The normalized spacial score (nSPS) is 17.4. The molecule has 0 spiro atoms. The predicted molar refractivity (Wildman–Crippen MR) is 69.1 cm³/mol. The summed E-state index contributed by atoms with van der Waals surface area (Å²) < 4.78 is 0. The second kappa shape index (κ2) is 5.23. The quantitative estimate of drug-likeness (QED) is 0.625. The van der Waals surface area contributed by atoms with E-state index >= 15 is 0 Å². The molecule has 1 fully saturated rings. The van der Waals surface area contributed by atoms with Gasteiger partial charge in [0.2, 0.25) is 0 Å². The Morgan fingerprint density at radius 2 is 2.06 bits per heavy atom. The van der Waals surface area contributed by atoms with Gasteiger partial charge in [0, 0.05) is 23.2 Å². The van der Waals surface area contributed by atoms with Crippen LogP contribution in [0.3, 0.4) is 0 Å². The zero-order valence-corrected chi connectivity index (χ0v) is 10.3. The average Bonchev–Trinajstić information content (AvgIpc) is 3.13. The van der Waals surface area contributed by atoms with Crippen LogP contribution in [0.1, 0.15) is 5.56 Å². The minimum absolute atomic E-state index is 0.491. The van der Waals surface area contributed by atoms with Crippen molar-refractivity contribution < 1.29 is 9.59 Å². The largest absolute Gasteiger partial charge is 0.347 e. The Labute approximate surface area is 104 Å². The van der Waals surface area contributed by atoms with E-state index in [1.165, 1.54) is 0 Å². The summed E-state index contributed by atoms with van der Waals surface area (Å²) in [7, 11) is 0. The van der Waals surface area contributed by atoms with Crippen molar-refractivity contribution in [2.45, 2.75) is 12.2 Å². The molecule has 5 heteroatoms. The summed E-state index contributed by atoms with van der Waals surface area (Å²) in [5.41, 5.74) is 1.61. The van der Waals surface area contributed by atoms with Crippen LogP contribution in [0.5, 0.6) is 0 Å². The molecular formula is C12H14N2O2S. The molecule has 0 bridgehead atoms. The lowest BCUT2D eigenvalue weighted by Gasteiger charge is -2.07. The SMILES string of the molecule is Cc1ccccc1NC(=O)C(=O)NCC1CS1. The summed E-state index contributed by atoms with van der Waals surface area (Å²) in [6.45, 7) is 2.46. The van der Waals surface area contributed by atoms with Gasteiger partial charge in [-0.15, -0.1) is 0 Å². The molecule has 17 heavy (non-hydrogen) atoms. The topological polar surface area (TPSA) is 58.2 Å². The molecule has 4 nitrogen and oxygen atoms in total. The van der Waals surface area contributed by atoms with E-state index in [1.807, 2.05) is 25.1 Å². The van der Waals surface area contributed by atoms with Crippen LogP contribution < -0.4 is 10.6 Å². The lowest BCUT2D eigenvalue weighted by atomic mass is 10.2. The molecule has 0 radical (unpaired) electrons. The first-order valence-corrected chi connectivity index (χ1v) is 6.48. The first-order chi connectivity index (χ1) is 8.16. The maximum Gasteiger partial charge on any atom is 0.313 e. The van der Waals surface area contributed by atoms with Crippen molar-refractivity contribution in [3.8, 4) is 0 Å². The highest BCUT2D eigenvalue weighted by Crippen LogP contribution is 2.28. The first-order valence-electron chi connectivity index (χ1n) is 5.43. The molecule has 2 amide bonds. The molecule has 1 aliphatic rings. The average molecular weight is 250 g/mol. The second-order valence-electron chi connectivity index (χ2n) is 3.93. The molecule has 1 atom stereocenters. The number of carbonyl (C=O) groups is 2. The molecule has 0 aromatic heterocycles. The lowest BCUT2D eigenvalue weighted by molar-refractivity contribution is -0.136. The summed E-state index contributed by atoms with van der Waals surface area (Å²) in [4.78, 5) is 23.0. The van der Waals surface area contributed by atoms with Gasteiger partial charge < -0.3 is 10.6 Å². The van der Waals surface area contributed by atoms with E-state index in [2.05, 4.69) is 10.6 Å². The molecule has 1 heterocycles. The summed E-state index contributed by atoms with van der Waals surface area (Å²) >= 11 is 1.78. The predicted octanol–water partition coefficient (Wildman–Crippen LogP) is 1.17. The van der Waals surface area contributed by atoms with Crippen molar-refractivity contribution in [3.63, 3.8) is 0 Å². The van der Waals surface area contributed by atoms with Crippen LogP contribution in [0.15, 0.2) is 24.3 Å². The number of aryl methyl sites for hydroxylation is 1. The Morgan fingerprint density at radius 1 is 1.35 bits per heavy atom. The van der Waals surface area contributed by atoms with Crippen LogP contribution in [-0.2, 0) is 9.59 Å². The fourth-order valence-corrected chi connectivity index (χ4v) is 1.82. The molecule has 90 valence electrons. The van der Waals surface area contributed by atoms with Crippen LogP contribution in [0.25, 0.3) is 0 Å². The number of thioether (sulfide) groups is 1. The molecule has 1 aromatic carbocycles. The van der Waals surface area contributed by atoms with Gasteiger partial charge in [-0.05, 0) is 18.6 Å². The van der Waals surface area contributed by atoms with E-state index in [1.54, 1.807) is 17.8 Å². The molecule has 1 saturated heterocycles. The maximum atomic E-state index is 11.6. The number of para-hydroxylation sites is 1. The van der Waals surface area contributed by atoms with Crippen molar-refractivity contribution in [2.75, 3.05) is 17.6 Å². The van der Waals surface area contributed by atoms with Gasteiger partial charge in [0.05, 0.1) is 0 Å². The van der Waals surface area contributed by atoms with Gasteiger partial charge in [0.1, 0.15) is 0 Å². The van der Waals surface area contributed by atoms with Crippen LogP contribution in [0.4, 0.5) is 5.69 Å². The Balaban J connectivity index is 1.87. The zero-order chi connectivity index (χ0) is 12.3. The highest BCUT2D eigenvalue weighted by atomic mass is 32.2. The Morgan fingerprint density at radius 3 is 2.71 bits per heavy atom. The number of nitrogens with one attached hydrogen (secondary N) is 2. The molecule has 0 saturated carbocycles. The standard InChI is InChI=1S/C12H14N2O2S/c1-8-4-2-3-5-10(8)14-12(16)11(15)13-6-9-7-17-9/h2-5,9H,6-7H2,1H3,(H,13,15)(H,14,16). The van der Waals surface area contributed by atoms with E-state index < -0.39 is 11.8 Å². The van der Waals surface area contributed by atoms with Gasteiger partial charge in [-0.2, -0.15) is 11.8 Å². The van der Waals surface area contributed by atoms with Crippen LogP contribution in [-0.4, -0.2) is 29.4 Å². The number of rotatable bonds is 3. The Bertz CT molecular complexity index is 444. The van der Waals surface area contributed by atoms with Gasteiger partial charge in [0.15, 0.2) is 0 Å². The summed E-state index contributed by atoms with van der Waals surface area (Å²) in [6.07, 6.45) is 0. The van der Waals surface area contributed by atoms with Crippen molar-refractivity contribution in [1.29, 1.82) is 0 Å². The van der Waals surface area contributed by atoms with Crippen LogP contribution in [0.2, 0.25) is 0 Å². The van der Waals surface area contributed by atoms with E-state index in [0.717, 1.165) is 11.3 Å². The Hall–Kier alpha value is -1.49.